The summed E-state index contributed by atoms with van der Waals surface area (Å²) in [5, 5.41) is -0.519. The molecule has 0 aliphatic rings. The molecule has 1 aromatic carbocycles. The molecule has 1 heterocycles. The van der Waals surface area contributed by atoms with Crippen molar-refractivity contribution in [3.05, 3.63) is 52.7 Å². The van der Waals surface area contributed by atoms with Gasteiger partial charge in [-0.05, 0) is 24.3 Å². The molecular formula is C19H15ClF6N2O6S. The number of benzene rings is 1. The third-order valence-corrected chi connectivity index (χ3v) is 5.19. The molecule has 0 fully saturated rings. The number of hydrogen-bond acceptors (Lipinski definition) is 7. The molecule has 1 N–H and O–H groups in total. The van der Waals surface area contributed by atoms with Crippen LogP contribution in [0.3, 0.4) is 0 Å². The zero-order valence-corrected chi connectivity index (χ0v) is 19.0. The highest BCUT2D eigenvalue weighted by atomic mass is 35.5. The number of carbonyl (C=O) groups is 1. The van der Waals surface area contributed by atoms with Crippen molar-refractivity contribution in [2.75, 3.05) is 20.3 Å². The third kappa shape index (κ3) is 8.00. The van der Waals surface area contributed by atoms with Crippen LogP contribution in [0.2, 0.25) is 5.02 Å². The summed E-state index contributed by atoms with van der Waals surface area (Å²) in [6.45, 7) is 0.306. The van der Waals surface area contributed by atoms with Gasteiger partial charge in [-0.1, -0.05) is 11.6 Å². The summed E-state index contributed by atoms with van der Waals surface area (Å²) in [6.07, 6.45) is -2.89. The van der Waals surface area contributed by atoms with Crippen molar-refractivity contribution in [2.45, 2.75) is 11.7 Å². The van der Waals surface area contributed by atoms with Crippen LogP contribution in [0.5, 0.6) is 17.4 Å². The standard InChI is InChI=1S/C19H15ClF6N2O6S/c1-32-6-7-33-13-4-2-11(3-5-16(29)28-35(30,31)19(24,25)26)15(9-13)34-17-14(20)8-12(10-27-17)18(21,22)23/h2-5,8-10H,6-7H2,1H3,(H,28,29)/b5-3+. The molecule has 192 valence electrons. The van der Waals surface area contributed by atoms with E-state index in [4.69, 9.17) is 25.8 Å². The fraction of sp³-hybridized carbons (Fsp3) is 0.263. The van der Waals surface area contributed by atoms with Crippen LogP contribution in [-0.2, 0) is 25.7 Å². The van der Waals surface area contributed by atoms with E-state index in [2.05, 4.69) is 4.98 Å². The number of rotatable bonds is 9. The van der Waals surface area contributed by atoms with Gasteiger partial charge in [-0.25, -0.2) is 9.71 Å². The van der Waals surface area contributed by atoms with E-state index in [9.17, 15) is 39.6 Å². The van der Waals surface area contributed by atoms with Crippen LogP contribution < -0.4 is 14.2 Å². The van der Waals surface area contributed by atoms with E-state index >= 15 is 0 Å². The number of nitrogens with zero attached hydrogens (tertiary/aromatic N) is 1. The molecule has 0 saturated heterocycles. The molecule has 0 bridgehead atoms. The first-order valence-corrected chi connectivity index (χ1v) is 11.0. The zero-order valence-electron chi connectivity index (χ0n) is 17.4. The number of sulfonamides is 1. The van der Waals surface area contributed by atoms with Gasteiger partial charge < -0.3 is 14.2 Å². The summed E-state index contributed by atoms with van der Waals surface area (Å²) in [5.74, 6) is -2.09. The fourth-order valence-corrected chi connectivity index (χ4v) is 2.88. The molecule has 0 atom stereocenters. The van der Waals surface area contributed by atoms with Crippen molar-refractivity contribution < 1.29 is 53.8 Å². The normalized spacial score (nSPS) is 12.6. The molecule has 0 aliphatic heterocycles. The Morgan fingerprint density at radius 3 is 2.40 bits per heavy atom. The van der Waals surface area contributed by atoms with E-state index in [1.54, 1.807) is 0 Å². The largest absolute Gasteiger partial charge is 0.516 e. The van der Waals surface area contributed by atoms with Gasteiger partial charge in [-0.15, -0.1) is 0 Å². The maximum atomic E-state index is 12.8. The predicted molar refractivity (Wildman–Crippen MR) is 110 cm³/mol. The van der Waals surface area contributed by atoms with Crippen LogP contribution in [0.1, 0.15) is 11.1 Å². The number of pyridine rings is 1. The Labute approximate surface area is 199 Å². The molecule has 0 aliphatic carbocycles. The predicted octanol–water partition coefficient (Wildman–Crippen LogP) is 4.55. The number of methoxy groups -OCH3 is 1. The minimum atomic E-state index is -5.93. The lowest BCUT2D eigenvalue weighted by Crippen LogP contribution is -2.39. The lowest BCUT2D eigenvalue weighted by Gasteiger charge is -2.13. The molecule has 8 nitrogen and oxygen atoms in total. The van der Waals surface area contributed by atoms with Gasteiger partial charge in [0.2, 0.25) is 5.88 Å². The maximum absolute atomic E-state index is 12.8. The third-order valence-electron chi connectivity index (χ3n) is 3.84. The molecular weight excluding hydrogens is 534 g/mol. The minimum absolute atomic E-state index is 0.0126. The minimum Gasteiger partial charge on any atom is -0.491 e. The second-order valence-corrected chi connectivity index (χ2v) is 8.48. The average Bonchev–Trinajstić information content (AvgIpc) is 2.73. The van der Waals surface area contributed by atoms with E-state index in [1.165, 1.54) is 25.3 Å². The van der Waals surface area contributed by atoms with Crippen molar-refractivity contribution in [1.29, 1.82) is 0 Å². The highest BCUT2D eigenvalue weighted by Gasteiger charge is 2.46. The van der Waals surface area contributed by atoms with Gasteiger partial charge in [-0.3, -0.25) is 4.79 Å². The molecule has 2 aromatic rings. The lowest BCUT2D eigenvalue weighted by molar-refractivity contribution is -0.137. The number of nitrogens with one attached hydrogen (secondary N) is 1. The first kappa shape index (κ1) is 28.2. The van der Waals surface area contributed by atoms with Gasteiger partial charge in [0, 0.05) is 31.0 Å². The summed E-state index contributed by atoms with van der Waals surface area (Å²) in [5.41, 5.74) is -6.87. The van der Waals surface area contributed by atoms with E-state index in [-0.39, 0.29) is 30.3 Å². The topological polar surface area (TPSA) is 104 Å². The van der Waals surface area contributed by atoms with E-state index in [0.717, 1.165) is 10.8 Å². The molecule has 0 spiro atoms. The monoisotopic (exact) mass is 548 g/mol. The van der Waals surface area contributed by atoms with E-state index in [0.29, 0.717) is 18.3 Å². The Morgan fingerprint density at radius 2 is 1.83 bits per heavy atom. The molecule has 35 heavy (non-hydrogen) atoms. The maximum Gasteiger partial charge on any atom is 0.516 e. The zero-order chi connectivity index (χ0) is 26.4. The number of halogens is 7. The van der Waals surface area contributed by atoms with Crippen LogP contribution in [0.25, 0.3) is 6.08 Å². The Morgan fingerprint density at radius 1 is 1.14 bits per heavy atom. The second kappa shape index (κ2) is 11.1. The Balaban J connectivity index is 2.36. The first-order chi connectivity index (χ1) is 16.1. The highest BCUT2D eigenvalue weighted by molar-refractivity contribution is 7.90. The Bertz CT molecular complexity index is 1200. The van der Waals surface area contributed by atoms with Crippen molar-refractivity contribution in [1.82, 2.24) is 9.71 Å². The molecule has 0 unspecified atom stereocenters. The Kier molecular flexibility index (Phi) is 8.97. The summed E-state index contributed by atoms with van der Waals surface area (Å²) < 4.78 is 114. The van der Waals surface area contributed by atoms with Crippen molar-refractivity contribution in [3.8, 4) is 17.4 Å². The second-order valence-electron chi connectivity index (χ2n) is 6.40. The molecule has 16 heteroatoms. The summed E-state index contributed by atoms with van der Waals surface area (Å²) in [7, 11) is -4.51. The van der Waals surface area contributed by atoms with Crippen LogP contribution >= 0.6 is 11.6 Å². The SMILES string of the molecule is COCCOc1ccc(/C=C/C(=O)NS(=O)(=O)C(F)(F)F)c(Oc2ncc(C(F)(F)F)cc2Cl)c1. The first-order valence-electron chi connectivity index (χ1n) is 9.11. The molecule has 0 radical (unpaired) electrons. The smallest absolute Gasteiger partial charge is 0.491 e. The molecule has 1 amide bonds. The molecule has 1 aromatic heterocycles. The number of aromatic nitrogens is 1. The number of carbonyl (C=O) groups excluding carboxylic acids is 1. The van der Waals surface area contributed by atoms with Gasteiger partial charge in [0.15, 0.2) is 0 Å². The van der Waals surface area contributed by atoms with E-state index < -0.39 is 44.1 Å². The molecule has 0 saturated carbocycles. The van der Waals surface area contributed by atoms with Crippen LogP contribution in [-0.4, -0.2) is 45.1 Å². The highest BCUT2D eigenvalue weighted by Crippen LogP contribution is 2.36. The average molecular weight is 549 g/mol. The number of amides is 1. The van der Waals surface area contributed by atoms with Gasteiger partial charge >= 0.3 is 21.7 Å². The van der Waals surface area contributed by atoms with Crippen molar-refractivity contribution in [2.24, 2.45) is 0 Å². The quantitative estimate of drug-likeness (QED) is 0.278. The van der Waals surface area contributed by atoms with Crippen LogP contribution in [0, 0.1) is 0 Å². The van der Waals surface area contributed by atoms with Crippen LogP contribution in [0.4, 0.5) is 26.3 Å². The van der Waals surface area contributed by atoms with Crippen molar-refractivity contribution in [3.63, 3.8) is 0 Å². The van der Waals surface area contributed by atoms with Gasteiger partial charge in [0.05, 0.1) is 12.2 Å². The Hall–Kier alpha value is -3.04. The summed E-state index contributed by atoms with van der Waals surface area (Å²) >= 11 is 5.83. The summed E-state index contributed by atoms with van der Waals surface area (Å²) in [6, 6.07) is 4.44. The molecule has 2 rings (SSSR count). The number of hydrogen-bond donors (Lipinski definition) is 1. The lowest BCUT2D eigenvalue weighted by atomic mass is 10.1. The number of alkyl halides is 6. The van der Waals surface area contributed by atoms with Gasteiger partial charge in [-0.2, -0.15) is 34.8 Å². The van der Waals surface area contributed by atoms with Gasteiger partial charge in [0.25, 0.3) is 5.91 Å². The fourth-order valence-electron chi connectivity index (χ4n) is 2.22. The van der Waals surface area contributed by atoms with Crippen molar-refractivity contribution >= 4 is 33.6 Å². The van der Waals surface area contributed by atoms with Crippen LogP contribution in [0.15, 0.2) is 36.5 Å². The van der Waals surface area contributed by atoms with E-state index in [1.807, 2.05) is 0 Å². The van der Waals surface area contributed by atoms with Gasteiger partial charge in [0.1, 0.15) is 23.1 Å². The summed E-state index contributed by atoms with van der Waals surface area (Å²) in [4.78, 5) is 15.2. The number of ether oxygens (including phenoxy) is 3.